The van der Waals surface area contributed by atoms with Gasteiger partial charge in [-0.15, -0.1) is 0 Å². The van der Waals surface area contributed by atoms with Crippen LogP contribution < -0.4 is 9.47 Å². The standard InChI is InChI=1S/C19H30N2O6S/c1-24-18-4-3-17(15-19(18)25-2)28(22,23)21(16-5-11-26-12-6-16)8-7-20-9-13-27-14-10-20/h3-4,15-16H,5-14H2,1-2H3. The maximum Gasteiger partial charge on any atom is 0.243 e. The van der Waals surface area contributed by atoms with Crippen LogP contribution in [0.1, 0.15) is 12.8 Å². The van der Waals surface area contributed by atoms with Gasteiger partial charge in [0.1, 0.15) is 0 Å². The Morgan fingerprint density at radius 1 is 1.04 bits per heavy atom. The van der Waals surface area contributed by atoms with E-state index in [4.69, 9.17) is 18.9 Å². The lowest BCUT2D eigenvalue weighted by atomic mass is 10.1. The molecule has 1 aromatic carbocycles. The summed E-state index contributed by atoms with van der Waals surface area (Å²) in [4.78, 5) is 2.47. The van der Waals surface area contributed by atoms with Crippen molar-refractivity contribution in [3.05, 3.63) is 18.2 Å². The molecule has 2 fully saturated rings. The van der Waals surface area contributed by atoms with E-state index in [1.165, 1.54) is 20.3 Å². The van der Waals surface area contributed by atoms with Crippen LogP contribution in [0, 0.1) is 0 Å². The number of nitrogens with zero attached hydrogens (tertiary/aromatic N) is 2. The van der Waals surface area contributed by atoms with Gasteiger partial charge in [0.25, 0.3) is 0 Å². The topological polar surface area (TPSA) is 77.5 Å². The molecule has 9 heteroatoms. The van der Waals surface area contributed by atoms with Crippen LogP contribution >= 0.6 is 0 Å². The van der Waals surface area contributed by atoms with Crippen molar-refractivity contribution in [3.8, 4) is 11.5 Å². The third-order valence-corrected chi connectivity index (χ3v) is 7.25. The molecule has 158 valence electrons. The molecule has 0 N–H and O–H groups in total. The minimum atomic E-state index is -3.67. The van der Waals surface area contributed by atoms with Crippen LogP contribution in [0.3, 0.4) is 0 Å². The smallest absolute Gasteiger partial charge is 0.243 e. The summed E-state index contributed by atoms with van der Waals surface area (Å²) >= 11 is 0. The van der Waals surface area contributed by atoms with Crippen molar-refractivity contribution in [1.82, 2.24) is 9.21 Å². The van der Waals surface area contributed by atoms with Crippen molar-refractivity contribution in [2.75, 3.05) is 66.8 Å². The van der Waals surface area contributed by atoms with E-state index in [1.54, 1.807) is 16.4 Å². The average molecular weight is 415 g/mol. The van der Waals surface area contributed by atoms with Gasteiger partial charge in [-0.05, 0) is 25.0 Å². The summed E-state index contributed by atoms with van der Waals surface area (Å²) in [7, 11) is -0.641. The monoisotopic (exact) mass is 414 g/mol. The maximum atomic E-state index is 13.5. The lowest BCUT2D eigenvalue weighted by Gasteiger charge is -2.35. The Kier molecular flexibility index (Phi) is 7.53. The summed E-state index contributed by atoms with van der Waals surface area (Å²) in [6.07, 6.45) is 1.41. The third-order valence-electron chi connectivity index (χ3n) is 5.30. The molecular formula is C19H30N2O6S. The summed E-state index contributed by atoms with van der Waals surface area (Å²) in [5.41, 5.74) is 0. The zero-order valence-electron chi connectivity index (χ0n) is 16.6. The third kappa shape index (κ3) is 4.96. The van der Waals surface area contributed by atoms with Gasteiger partial charge in [-0.2, -0.15) is 4.31 Å². The van der Waals surface area contributed by atoms with E-state index in [0.717, 1.165) is 13.1 Å². The van der Waals surface area contributed by atoms with Crippen LogP contribution in [0.4, 0.5) is 0 Å². The van der Waals surface area contributed by atoms with Gasteiger partial charge in [0.15, 0.2) is 11.5 Å². The van der Waals surface area contributed by atoms with E-state index in [9.17, 15) is 8.42 Å². The van der Waals surface area contributed by atoms with Crippen LogP contribution in [-0.2, 0) is 19.5 Å². The highest BCUT2D eigenvalue weighted by molar-refractivity contribution is 7.89. The van der Waals surface area contributed by atoms with E-state index < -0.39 is 10.0 Å². The predicted octanol–water partition coefficient (Wildman–Crippen LogP) is 1.21. The molecule has 0 radical (unpaired) electrons. The maximum absolute atomic E-state index is 13.5. The van der Waals surface area contributed by atoms with E-state index in [0.29, 0.717) is 63.9 Å². The lowest BCUT2D eigenvalue weighted by molar-refractivity contribution is 0.0291. The Bertz CT molecular complexity index is 730. The van der Waals surface area contributed by atoms with E-state index in [1.807, 2.05) is 0 Å². The van der Waals surface area contributed by atoms with Crippen molar-refractivity contribution < 1.29 is 27.4 Å². The van der Waals surface area contributed by atoms with Crippen LogP contribution in [0.5, 0.6) is 11.5 Å². The van der Waals surface area contributed by atoms with Crippen molar-refractivity contribution in [2.24, 2.45) is 0 Å². The lowest BCUT2D eigenvalue weighted by Crippen LogP contribution is -2.48. The van der Waals surface area contributed by atoms with Crippen molar-refractivity contribution in [3.63, 3.8) is 0 Å². The zero-order chi connectivity index (χ0) is 20.0. The highest BCUT2D eigenvalue weighted by Crippen LogP contribution is 2.32. The van der Waals surface area contributed by atoms with Crippen LogP contribution in [0.15, 0.2) is 23.1 Å². The number of methoxy groups -OCH3 is 2. The summed E-state index contributed by atoms with van der Waals surface area (Å²) < 4.78 is 50.1. The van der Waals surface area contributed by atoms with Gasteiger partial charge in [0.05, 0.1) is 32.3 Å². The Morgan fingerprint density at radius 2 is 1.68 bits per heavy atom. The minimum absolute atomic E-state index is 0.0621. The number of ether oxygens (including phenoxy) is 4. The second-order valence-electron chi connectivity index (χ2n) is 6.93. The molecule has 0 amide bonds. The van der Waals surface area contributed by atoms with Gasteiger partial charge in [0, 0.05) is 51.5 Å². The Labute approximate surface area is 167 Å². The first kappa shape index (κ1) is 21.3. The van der Waals surface area contributed by atoms with Gasteiger partial charge in [-0.25, -0.2) is 8.42 Å². The number of hydrogen-bond donors (Lipinski definition) is 0. The number of morpholine rings is 1. The normalized spacial score (nSPS) is 19.7. The summed E-state index contributed by atoms with van der Waals surface area (Å²) in [6, 6.07) is 4.69. The Balaban J connectivity index is 1.84. The van der Waals surface area contributed by atoms with Crippen molar-refractivity contribution in [2.45, 2.75) is 23.8 Å². The Morgan fingerprint density at radius 3 is 2.32 bits per heavy atom. The zero-order valence-corrected chi connectivity index (χ0v) is 17.4. The molecule has 0 unspecified atom stereocenters. The first-order valence-corrected chi connectivity index (χ1v) is 11.1. The van der Waals surface area contributed by atoms with Gasteiger partial charge < -0.3 is 18.9 Å². The number of sulfonamides is 1. The molecule has 0 bridgehead atoms. The molecule has 0 aliphatic carbocycles. The molecule has 0 atom stereocenters. The van der Waals surface area contributed by atoms with E-state index >= 15 is 0 Å². The fraction of sp³-hybridized carbons (Fsp3) is 0.684. The molecule has 0 spiro atoms. The molecule has 1 aromatic rings. The number of rotatable bonds is 8. The SMILES string of the molecule is COc1ccc(S(=O)(=O)N(CCN2CCOCC2)C2CCOCC2)cc1OC. The van der Waals surface area contributed by atoms with Crippen LogP contribution in [0.2, 0.25) is 0 Å². The van der Waals surface area contributed by atoms with E-state index in [2.05, 4.69) is 4.90 Å². The summed E-state index contributed by atoms with van der Waals surface area (Å²) in [6.45, 7) is 5.35. The largest absolute Gasteiger partial charge is 0.493 e. The second-order valence-corrected chi connectivity index (χ2v) is 8.82. The molecule has 3 rings (SSSR count). The quantitative estimate of drug-likeness (QED) is 0.633. The fourth-order valence-corrected chi connectivity index (χ4v) is 5.34. The van der Waals surface area contributed by atoms with Gasteiger partial charge in [-0.3, -0.25) is 4.90 Å². The van der Waals surface area contributed by atoms with Crippen molar-refractivity contribution >= 4 is 10.0 Å². The number of hydrogen-bond acceptors (Lipinski definition) is 7. The van der Waals surface area contributed by atoms with Gasteiger partial charge in [-0.1, -0.05) is 0 Å². The molecule has 0 saturated carbocycles. The molecule has 2 aliphatic rings. The molecule has 2 heterocycles. The summed E-state index contributed by atoms with van der Waals surface area (Å²) in [5, 5.41) is 0. The number of benzene rings is 1. The minimum Gasteiger partial charge on any atom is -0.493 e. The summed E-state index contributed by atoms with van der Waals surface area (Å²) in [5.74, 6) is 0.913. The molecule has 2 saturated heterocycles. The van der Waals surface area contributed by atoms with Gasteiger partial charge >= 0.3 is 0 Å². The first-order valence-electron chi connectivity index (χ1n) is 9.68. The van der Waals surface area contributed by atoms with Crippen LogP contribution in [0.25, 0.3) is 0 Å². The molecule has 28 heavy (non-hydrogen) atoms. The molecule has 0 aromatic heterocycles. The molecule has 8 nitrogen and oxygen atoms in total. The highest BCUT2D eigenvalue weighted by atomic mass is 32.2. The second kappa shape index (κ2) is 9.89. The van der Waals surface area contributed by atoms with Gasteiger partial charge in [0.2, 0.25) is 10.0 Å². The predicted molar refractivity (Wildman–Crippen MR) is 105 cm³/mol. The molecular weight excluding hydrogens is 384 g/mol. The molecule has 2 aliphatic heterocycles. The van der Waals surface area contributed by atoms with Crippen LogP contribution in [-0.4, -0.2) is 90.5 Å². The van der Waals surface area contributed by atoms with Crippen molar-refractivity contribution in [1.29, 1.82) is 0 Å². The average Bonchev–Trinajstić information content (AvgIpc) is 2.74. The Hall–Kier alpha value is -1.39. The fourth-order valence-electron chi connectivity index (χ4n) is 3.65. The highest BCUT2D eigenvalue weighted by Gasteiger charge is 2.33. The van der Waals surface area contributed by atoms with E-state index in [-0.39, 0.29) is 10.9 Å². The first-order chi connectivity index (χ1) is 13.6.